The van der Waals surface area contributed by atoms with Gasteiger partial charge in [0.2, 0.25) is 0 Å². The van der Waals surface area contributed by atoms with Gasteiger partial charge in [-0.2, -0.15) is 0 Å². The van der Waals surface area contributed by atoms with E-state index in [1.165, 1.54) is 0 Å². The maximum Gasteiger partial charge on any atom is 0.326 e. The molecule has 7 nitrogen and oxygen atoms in total. The van der Waals surface area contributed by atoms with Crippen molar-refractivity contribution in [2.24, 2.45) is 11.8 Å². The lowest BCUT2D eigenvalue weighted by atomic mass is 9.83. The van der Waals surface area contributed by atoms with Crippen LogP contribution in [0.4, 0.5) is 4.79 Å². The molecule has 2 amide bonds. The van der Waals surface area contributed by atoms with Gasteiger partial charge in [0.05, 0.1) is 0 Å². The number of piperidine rings is 1. The van der Waals surface area contributed by atoms with E-state index in [0.717, 1.165) is 12.1 Å². The van der Waals surface area contributed by atoms with E-state index < -0.39 is 12.0 Å². The Kier molecular flexibility index (Phi) is 4.83. The molecule has 4 atom stereocenters. The van der Waals surface area contributed by atoms with Gasteiger partial charge in [-0.25, -0.2) is 9.59 Å². The van der Waals surface area contributed by atoms with Crippen LogP contribution in [0.25, 0.3) is 0 Å². The standard InChI is InChI=1S/C18H25N3O4/c1-3-11(2)16(17(23)24)19-18(25)20-8-12-7-13(10-20)14-5-4-6-15(22)21(14)9-12/h4-6,11-13,16H,3,7-10H2,1-2H3,(H,19,25)(H,23,24)/t11-,12-,13+,16-/m1/s1. The summed E-state index contributed by atoms with van der Waals surface area (Å²) in [6.45, 7) is 5.41. The molecule has 1 aromatic rings. The Morgan fingerprint density at radius 3 is 2.76 bits per heavy atom. The Morgan fingerprint density at radius 1 is 1.32 bits per heavy atom. The molecule has 0 radical (unpaired) electrons. The summed E-state index contributed by atoms with van der Waals surface area (Å²) in [6.07, 6.45) is 1.64. The summed E-state index contributed by atoms with van der Waals surface area (Å²) >= 11 is 0. The number of hydrogen-bond acceptors (Lipinski definition) is 3. The van der Waals surface area contributed by atoms with Crippen LogP contribution in [-0.4, -0.2) is 45.7 Å². The van der Waals surface area contributed by atoms with Gasteiger partial charge >= 0.3 is 12.0 Å². The molecule has 25 heavy (non-hydrogen) atoms. The van der Waals surface area contributed by atoms with E-state index in [9.17, 15) is 19.5 Å². The number of carboxylic acid groups (broad SMARTS) is 1. The lowest BCUT2D eigenvalue weighted by Crippen LogP contribution is -2.55. The lowest BCUT2D eigenvalue weighted by Gasteiger charge is -2.43. The largest absolute Gasteiger partial charge is 0.480 e. The minimum atomic E-state index is -1.00. The van der Waals surface area contributed by atoms with Crippen molar-refractivity contribution in [3.63, 3.8) is 0 Å². The van der Waals surface area contributed by atoms with E-state index in [1.807, 2.05) is 24.5 Å². The van der Waals surface area contributed by atoms with Crippen LogP contribution in [0.1, 0.15) is 38.3 Å². The van der Waals surface area contributed by atoms with Gasteiger partial charge in [0.1, 0.15) is 6.04 Å². The zero-order valence-corrected chi connectivity index (χ0v) is 14.6. The molecular formula is C18H25N3O4. The maximum absolute atomic E-state index is 12.6. The molecule has 1 saturated heterocycles. The Balaban J connectivity index is 1.75. The molecule has 0 aliphatic carbocycles. The third-order valence-electron chi connectivity index (χ3n) is 5.52. The van der Waals surface area contributed by atoms with E-state index in [-0.39, 0.29) is 29.3 Å². The molecule has 0 spiro atoms. The van der Waals surface area contributed by atoms with Gasteiger partial charge in [0, 0.05) is 37.3 Å². The lowest BCUT2D eigenvalue weighted by molar-refractivity contribution is -0.140. The van der Waals surface area contributed by atoms with Crippen molar-refractivity contribution in [3.05, 3.63) is 34.2 Å². The second-order valence-electron chi connectivity index (χ2n) is 7.25. The van der Waals surface area contributed by atoms with Crippen molar-refractivity contribution < 1.29 is 14.7 Å². The van der Waals surface area contributed by atoms with Crippen molar-refractivity contribution in [2.75, 3.05) is 13.1 Å². The van der Waals surface area contributed by atoms with Crippen LogP contribution in [-0.2, 0) is 11.3 Å². The predicted octanol–water partition coefficient (Wildman–Crippen LogP) is 1.48. The molecule has 0 unspecified atom stereocenters. The molecule has 7 heteroatoms. The Bertz CT molecular complexity index is 729. The van der Waals surface area contributed by atoms with E-state index in [0.29, 0.717) is 26.1 Å². The van der Waals surface area contributed by atoms with Crippen molar-refractivity contribution in [1.82, 2.24) is 14.8 Å². The molecule has 2 aliphatic heterocycles. The number of aliphatic carboxylic acids is 1. The van der Waals surface area contributed by atoms with Gasteiger partial charge in [-0.3, -0.25) is 4.79 Å². The first-order valence-corrected chi connectivity index (χ1v) is 8.88. The normalized spacial score (nSPS) is 24.2. The molecule has 2 aliphatic rings. The number of likely N-dealkylation sites (tertiary alicyclic amines) is 1. The molecule has 0 aromatic carbocycles. The van der Waals surface area contributed by atoms with Crippen LogP contribution in [0, 0.1) is 11.8 Å². The summed E-state index contributed by atoms with van der Waals surface area (Å²) in [7, 11) is 0. The molecule has 1 aromatic heterocycles. The van der Waals surface area contributed by atoms with Gasteiger partial charge < -0.3 is 19.9 Å². The first-order valence-electron chi connectivity index (χ1n) is 8.88. The highest BCUT2D eigenvalue weighted by Gasteiger charge is 2.37. The number of hydrogen-bond donors (Lipinski definition) is 2. The summed E-state index contributed by atoms with van der Waals surface area (Å²) in [4.78, 5) is 37.8. The van der Waals surface area contributed by atoms with Crippen LogP contribution in [0.5, 0.6) is 0 Å². The number of amides is 2. The number of carbonyl (C=O) groups excluding carboxylic acids is 1. The summed E-state index contributed by atoms with van der Waals surface area (Å²) < 4.78 is 1.81. The number of fused-ring (bicyclic) bond motifs is 4. The quantitative estimate of drug-likeness (QED) is 0.863. The second-order valence-corrected chi connectivity index (χ2v) is 7.25. The number of urea groups is 1. The first-order chi connectivity index (χ1) is 11.9. The number of nitrogens with one attached hydrogen (secondary N) is 1. The fourth-order valence-corrected chi connectivity index (χ4v) is 3.97. The van der Waals surface area contributed by atoms with Crippen molar-refractivity contribution in [2.45, 2.75) is 45.2 Å². The smallest absolute Gasteiger partial charge is 0.326 e. The topological polar surface area (TPSA) is 91.6 Å². The molecule has 136 valence electrons. The average Bonchev–Trinajstić information content (AvgIpc) is 2.59. The first kappa shape index (κ1) is 17.5. The third kappa shape index (κ3) is 3.41. The molecule has 2 N–H and O–H groups in total. The average molecular weight is 347 g/mol. The minimum absolute atomic E-state index is 0.00723. The summed E-state index contributed by atoms with van der Waals surface area (Å²) in [5.41, 5.74) is 0.978. The summed E-state index contributed by atoms with van der Waals surface area (Å²) in [5, 5.41) is 12.1. The van der Waals surface area contributed by atoms with E-state index in [4.69, 9.17) is 0 Å². The van der Waals surface area contributed by atoms with Crippen LogP contribution in [0.15, 0.2) is 23.0 Å². The predicted molar refractivity (Wildman–Crippen MR) is 92.5 cm³/mol. The van der Waals surface area contributed by atoms with Crippen LogP contribution >= 0.6 is 0 Å². The Labute approximate surface area is 146 Å². The SMILES string of the molecule is CC[C@@H](C)[C@@H](NC(=O)N1C[C@H]2C[C@@H](C1)c1cccc(=O)n1C2)C(=O)O. The number of rotatable bonds is 4. The molecular weight excluding hydrogens is 322 g/mol. The van der Waals surface area contributed by atoms with Gasteiger partial charge in [-0.05, 0) is 24.3 Å². The molecule has 0 saturated carbocycles. The zero-order chi connectivity index (χ0) is 18.1. The van der Waals surface area contributed by atoms with Gasteiger partial charge in [0.25, 0.3) is 5.56 Å². The van der Waals surface area contributed by atoms with Crippen molar-refractivity contribution in [1.29, 1.82) is 0 Å². The fourth-order valence-electron chi connectivity index (χ4n) is 3.97. The highest BCUT2D eigenvalue weighted by Crippen LogP contribution is 2.34. The van der Waals surface area contributed by atoms with E-state index in [2.05, 4.69) is 5.32 Å². The van der Waals surface area contributed by atoms with Crippen LogP contribution < -0.4 is 10.9 Å². The Morgan fingerprint density at radius 2 is 2.08 bits per heavy atom. The summed E-state index contributed by atoms with van der Waals surface area (Å²) in [6, 6.07) is 4.07. The molecule has 3 heterocycles. The number of pyridine rings is 1. The second kappa shape index (κ2) is 6.90. The highest BCUT2D eigenvalue weighted by molar-refractivity contribution is 5.83. The monoisotopic (exact) mass is 347 g/mol. The minimum Gasteiger partial charge on any atom is -0.480 e. The number of carbonyl (C=O) groups is 2. The van der Waals surface area contributed by atoms with Gasteiger partial charge in [-0.1, -0.05) is 26.3 Å². The van der Waals surface area contributed by atoms with Crippen LogP contribution in [0.2, 0.25) is 0 Å². The van der Waals surface area contributed by atoms with Gasteiger partial charge in [0.15, 0.2) is 0 Å². The molecule has 3 rings (SSSR count). The van der Waals surface area contributed by atoms with Crippen LogP contribution in [0.3, 0.4) is 0 Å². The van der Waals surface area contributed by atoms with Crippen molar-refractivity contribution >= 4 is 12.0 Å². The third-order valence-corrected chi connectivity index (χ3v) is 5.52. The van der Waals surface area contributed by atoms with E-state index in [1.54, 1.807) is 17.0 Å². The molecule has 1 fully saturated rings. The molecule has 2 bridgehead atoms. The number of aromatic nitrogens is 1. The van der Waals surface area contributed by atoms with E-state index >= 15 is 0 Å². The van der Waals surface area contributed by atoms with Crippen molar-refractivity contribution in [3.8, 4) is 0 Å². The summed E-state index contributed by atoms with van der Waals surface area (Å²) in [5.74, 6) is -0.787. The Hall–Kier alpha value is -2.31. The number of carboxylic acids is 1. The number of nitrogens with zero attached hydrogens (tertiary/aromatic N) is 2. The zero-order valence-electron chi connectivity index (χ0n) is 14.6. The van der Waals surface area contributed by atoms with Gasteiger partial charge in [-0.15, -0.1) is 0 Å². The fraction of sp³-hybridized carbons (Fsp3) is 0.611. The maximum atomic E-state index is 12.6. The highest BCUT2D eigenvalue weighted by atomic mass is 16.4.